The van der Waals surface area contributed by atoms with Crippen LogP contribution in [0, 0.1) is 0 Å². The molecule has 1 aliphatic heterocycles. The van der Waals surface area contributed by atoms with Crippen molar-refractivity contribution in [3.05, 3.63) is 34.6 Å². The molecule has 3 rings (SSSR count). The topological polar surface area (TPSA) is 92.4 Å². The lowest BCUT2D eigenvalue weighted by atomic mass is 10.2. The van der Waals surface area contributed by atoms with Gasteiger partial charge in [-0.25, -0.2) is 4.79 Å². The summed E-state index contributed by atoms with van der Waals surface area (Å²) in [5.74, 6) is 0.586. The van der Waals surface area contributed by atoms with E-state index in [-0.39, 0.29) is 17.2 Å². The third-order valence-corrected chi connectivity index (χ3v) is 3.85. The molecule has 7 nitrogen and oxygen atoms in total. The number of urea groups is 1. The molecule has 2 aromatic rings. The molecule has 23 heavy (non-hydrogen) atoms. The monoisotopic (exact) mass is 317 g/mol. The molecular formula is C16H19N3O4. The summed E-state index contributed by atoms with van der Waals surface area (Å²) in [7, 11) is 1.54. The molecule has 0 unspecified atom stereocenters. The second-order valence-corrected chi connectivity index (χ2v) is 5.41. The fraction of sp³-hybridized carbons (Fsp3) is 0.375. The van der Waals surface area contributed by atoms with Crippen LogP contribution in [0.5, 0.6) is 5.75 Å². The van der Waals surface area contributed by atoms with Gasteiger partial charge in [0.2, 0.25) is 5.43 Å². The van der Waals surface area contributed by atoms with Gasteiger partial charge < -0.3 is 25.1 Å². The molecule has 0 bridgehead atoms. The number of aromatic nitrogens is 1. The second kappa shape index (κ2) is 6.70. The lowest BCUT2D eigenvalue weighted by Crippen LogP contribution is -2.36. The number of fused-ring (bicyclic) bond motifs is 1. The Kier molecular flexibility index (Phi) is 4.47. The number of ether oxygens (including phenoxy) is 2. The smallest absolute Gasteiger partial charge is 0.319 e. The highest BCUT2D eigenvalue weighted by Crippen LogP contribution is 2.17. The van der Waals surface area contributed by atoms with Gasteiger partial charge >= 0.3 is 6.03 Å². The quantitative estimate of drug-likeness (QED) is 0.802. The number of amides is 2. The van der Waals surface area contributed by atoms with E-state index in [2.05, 4.69) is 15.6 Å². The molecule has 122 valence electrons. The lowest BCUT2D eigenvalue weighted by molar-refractivity contribution is 0.112. The van der Waals surface area contributed by atoms with Crippen molar-refractivity contribution in [1.82, 2.24) is 10.3 Å². The van der Waals surface area contributed by atoms with Gasteiger partial charge in [0.15, 0.2) is 0 Å². The molecule has 1 aromatic carbocycles. The maximum atomic E-state index is 12.4. The van der Waals surface area contributed by atoms with Crippen molar-refractivity contribution in [2.24, 2.45) is 0 Å². The first-order chi connectivity index (χ1) is 11.2. The second-order valence-electron chi connectivity index (χ2n) is 5.41. The molecule has 1 fully saturated rings. The van der Waals surface area contributed by atoms with E-state index in [1.54, 1.807) is 18.2 Å². The van der Waals surface area contributed by atoms with Crippen molar-refractivity contribution in [3.8, 4) is 5.75 Å². The number of pyridine rings is 1. The summed E-state index contributed by atoms with van der Waals surface area (Å²) in [5.41, 5.74) is 0.613. The number of hydrogen-bond acceptors (Lipinski definition) is 4. The van der Waals surface area contributed by atoms with Crippen LogP contribution in [0.1, 0.15) is 12.8 Å². The predicted octanol–water partition coefficient (Wildman–Crippen LogP) is 1.84. The Bertz CT molecular complexity index is 765. The molecule has 1 saturated heterocycles. The molecule has 1 atom stereocenters. The van der Waals surface area contributed by atoms with Crippen LogP contribution in [0.15, 0.2) is 29.2 Å². The van der Waals surface area contributed by atoms with Gasteiger partial charge in [-0.1, -0.05) is 0 Å². The predicted molar refractivity (Wildman–Crippen MR) is 87.1 cm³/mol. The molecule has 3 N–H and O–H groups in total. The Labute approximate surface area is 133 Å². The van der Waals surface area contributed by atoms with Gasteiger partial charge in [0.1, 0.15) is 11.4 Å². The van der Waals surface area contributed by atoms with Gasteiger partial charge in [0.05, 0.1) is 18.6 Å². The molecule has 0 spiro atoms. The molecule has 0 aliphatic carbocycles. The van der Waals surface area contributed by atoms with E-state index in [1.165, 1.54) is 13.3 Å². The van der Waals surface area contributed by atoms with Crippen LogP contribution in [0.3, 0.4) is 0 Å². The Morgan fingerprint density at radius 3 is 3.09 bits per heavy atom. The highest BCUT2D eigenvalue weighted by Gasteiger charge is 2.16. The standard InChI is InChI=1S/C16H19N3O4/c1-22-10-4-5-13-12(7-10)15(20)14(9-17-13)19-16(21)18-8-11-3-2-6-23-11/h4-5,7,9,11H,2-3,6,8H2,1H3,(H,17,20)(H2,18,19,21)/t11-/m0/s1. The highest BCUT2D eigenvalue weighted by atomic mass is 16.5. The summed E-state index contributed by atoms with van der Waals surface area (Å²) < 4.78 is 10.6. The maximum absolute atomic E-state index is 12.4. The zero-order chi connectivity index (χ0) is 16.2. The van der Waals surface area contributed by atoms with Gasteiger partial charge in [-0.3, -0.25) is 4.79 Å². The van der Waals surface area contributed by atoms with Crippen molar-refractivity contribution in [1.29, 1.82) is 0 Å². The van der Waals surface area contributed by atoms with E-state index in [9.17, 15) is 9.59 Å². The minimum atomic E-state index is -0.423. The van der Waals surface area contributed by atoms with Crippen LogP contribution in [-0.4, -0.2) is 37.4 Å². The number of rotatable bonds is 4. The number of anilines is 1. The number of nitrogens with one attached hydrogen (secondary N) is 3. The number of benzene rings is 1. The van der Waals surface area contributed by atoms with Gasteiger partial charge in [0, 0.05) is 24.9 Å². The van der Waals surface area contributed by atoms with Crippen molar-refractivity contribution < 1.29 is 14.3 Å². The fourth-order valence-corrected chi connectivity index (χ4v) is 2.60. The molecule has 1 aromatic heterocycles. The van der Waals surface area contributed by atoms with E-state index in [4.69, 9.17) is 9.47 Å². The van der Waals surface area contributed by atoms with E-state index in [0.717, 1.165) is 19.4 Å². The number of hydrogen-bond donors (Lipinski definition) is 3. The largest absolute Gasteiger partial charge is 0.497 e. The van der Waals surface area contributed by atoms with Crippen molar-refractivity contribution in [2.45, 2.75) is 18.9 Å². The summed E-state index contributed by atoms with van der Waals surface area (Å²) in [4.78, 5) is 27.4. The first-order valence-corrected chi connectivity index (χ1v) is 7.53. The molecule has 2 amide bonds. The average molecular weight is 317 g/mol. The Hall–Kier alpha value is -2.54. The van der Waals surface area contributed by atoms with Crippen LogP contribution in [0.25, 0.3) is 10.9 Å². The Morgan fingerprint density at radius 1 is 1.48 bits per heavy atom. The normalized spacial score (nSPS) is 17.2. The van der Waals surface area contributed by atoms with E-state index in [1.807, 2.05) is 0 Å². The Morgan fingerprint density at radius 2 is 2.35 bits per heavy atom. The van der Waals surface area contributed by atoms with E-state index >= 15 is 0 Å². The molecule has 0 saturated carbocycles. The summed E-state index contributed by atoms with van der Waals surface area (Å²) >= 11 is 0. The minimum absolute atomic E-state index is 0.0555. The third-order valence-electron chi connectivity index (χ3n) is 3.85. The number of H-pyrrole nitrogens is 1. The third kappa shape index (κ3) is 3.45. The van der Waals surface area contributed by atoms with Crippen LogP contribution >= 0.6 is 0 Å². The molecular weight excluding hydrogens is 298 g/mol. The Balaban J connectivity index is 1.73. The van der Waals surface area contributed by atoms with E-state index in [0.29, 0.717) is 23.2 Å². The summed E-state index contributed by atoms with van der Waals surface area (Å²) in [6.45, 7) is 1.17. The highest BCUT2D eigenvalue weighted by molar-refractivity contribution is 5.92. The van der Waals surface area contributed by atoms with Gasteiger partial charge in [-0.15, -0.1) is 0 Å². The average Bonchev–Trinajstić information content (AvgIpc) is 3.09. The van der Waals surface area contributed by atoms with Gasteiger partial charge in [-0.05, 0) is 31.0 Å². The minimum Gasteiger partial charge on any atom is -0.497 e. The molecule has 1 aliphatic rings. The van der Waals surface area contributed by atoms with E-state index < -0.39 is 6.03 Å². The first-order valence-electron chi connectivity index (χ1n) is 7.53. The first kappa shape index (κ1) is 15.4. The van der Waals surface area contributed by atoms with Crippen LogP contribution < -0.4 is 20.8 Å². The molecule has 0 radical (unpaired) electrons. The fourth-order valence-electron chi connectivity index (χ4n) is 2.60. The van der Waals surface area contributed by atoms with Crippen molar-refractivity contribution in [3.63, 3.8) is 0 Å². The van der Waals surface area contributed by atoms with Crippen molar-refractivity contribution in [2.75, 3.05) is 25.6 Å². The maximum Gasteiger partial charge on any atom is 0.319 e. The van der Waals surface area contributed by atoms with Crippen LogP contribution in [0.4, 0.5) is 10.5 Å². The van der Waals surface area contributed by atoms with Gasteiger partial charge in [-0.2, -0.15) is 0 Å². The van der Waals surface area contributed by atoms with Crippen molar-refractivity contribution >= 4 is 22.6 Å². The zero-order valence-electron chi connectivity index (χ0n) is 12.8. The lowest BCUT2D eigenvalue weighted by Gasteiger charge is -2.12. The van der Waals surface area contributed by atoms with Crippen LogP contribution in [0.2, 0.25) is 0 Å². The van der Waals surface area contributed by atoms with Crippen LogP contribution in [-0.2, 0) is 4.74 Å². The zero-order valence-corrected chi connectivity index (χ0v) is 12.8. The van der Waals surface area contributed by atoms with Gasteiger partial charge in [0.25, 0.3) is 0 Å². The number of methoxy groups -OCH3 is 1. The molecule has 7 heteroatoms. The number of carbonyl (C=O) groups is 1. The molecule has 2 heterocycles. The summed E-state index contributed by atoms with van der Waals surface area (Å²) in [6, 6.07) is 4.74. The summed E-state index contributed by atoms with van der Waals surface area (Å²) in [6.07, 6.45) is 3.50. The SMILES string of the molecule is COc1ccc2[nH]cc(NC(=O)NC[C@@H]3CCCO3)c(=O)c2c1. The number of aromatic amines is 1. The number of carbonyl (C=O) groups excluding carboxylic acids is 1. The summed E-state index contributed by atoms with van der Waals surface area (Å²) in [5, 5.41) is 5.75.